The van der Waals surface area contributed by atoms with Gasteiger partial charge in [-0.15, -0.1) is 0 Å². The van der Waals surface area contributed by atoms with Crippen LogP contribution in [-0.2, 0) is 11.2 Å². The molecule has 5 rings (SSSR count). The minimum absolute atomic E-state index is 0.0627. The van der Waals surface area contributed by atoms with Gasteiger partial charge in [0.25, 0.3) is 0 Å². The molecule has 7 heteroatoms. The van der Waals surface area contributed by atoms with Crippen molar-refractivity contribution in [3.05, 3.63) is 46.5 Å². The predicted octanol–water partition coefficient (Wildman–Crippen LogP) is 2.72. The highest BCUT2D eigenvalue weighted by molar-refractivity contribution is 5.56. The molecule has 2 aromatic carbocycles. The smallest absolute Gasteiger partial charge is 0.231 e. The number of methoxy groups -OCH3 is 2. The number of rotatable bonds is 2. The number of aliphatic hydroxyl groups is 1. The summed E-state index contributed by atoms with van der Waals surface area (Å²) in [6, 6.07) is 7.83. The first-order valence-corrected chi connectivity index (χ1v) is 9.33. The molecule has 0 aromatic heterocycles. The lowest BCUT2D eigenvalue weighted by Crippen LogP contribution is -2.35. The van der Waals surface area contributed by atoms with Crippen LogP contribution in [0, 0.1) is 0 Å². The number of hydrogen-bond donors (Lipinski definition) is 1. The summed E-state index contributed by atoms with van der Waals surface area (Å²) in [5.74, 6) is 2.57. The maximum atomic E-state index is 10.9. The molecule has 0 aliphatic carbocycles. The van der Waals surface area contributed by atoms with Crippen LogP contribution in [0.5, 0.6) is 23.0 Å². The number of benzene rings is 2. The van der Waals surface area contributed by atoms with Gasteiger partial charge >= 0.3 is 0 Å². The monoisotopic (exact) mass is 385 g/mol. The van der Waals surface area contributed by atoms with Crippen LogP contribution in [0.15, 0.2) is 24.3 Å². The highest BCUT2D eigenvalue weighted by Gasteiger charge is 2.43. The van der Waals surface area contributed by atoms with Crippen LogP contribution in [0.25, 0.3) is 0 Å². The quantitative estimate of drug-likeness (QED) is 0.852. The van der Waals surface area contributed by atoms with Gasteiger partial charge in [0.1, 0.15) is 6.10 Å². The van der Waals surface area contributed by atoms with E-state index in [9.17, 15) is 5.11 Å². The second-order valence-corrected chi connectivity index (χ2v) is 7.29. The van der Waals surface area contributed by atoms with Crippen LogP contribution < -0.4 is 18.9 Å². The molecule has 3 aliphatic heterocycles. The van der Waals surface area contributed by atoms with E-state index in [1.54, 1.807) is 14.2 Å². The van der Waals surface area contributed by atoms with Crippen molar-refractivity contribution in [2.24, 2.45) is 0 Å². The number of nitrogens with zero attached hydrogens (tertiary/aromatic N) is 1. The van der Waals surface area contributed by atoms with E-state index in [4.69, 9.17) is 23.7 Å². The Hall–Kier alpha value is -2.48. The molecule has 1 N–H and O–H groups in total. The minimum atomic E-state index is -1.10. The third-order valence-corrected chi connectivity index (χ3v) is 5.90. The summed E-state index contributed by atoms with van der Waals surface area (Å²) in [6.45, 7) is 0.999. The van der Waals surface area contributed by atoms with E-state index >= 15 is 0 Å². The first-order valence-electron chi connectivity index (χ1n) is 9.33. The maximum absolute atomic E-state index is 10.9. The summed E-state index contributed by atoms with van der Waals surface area (Å²) < 4.78 is 28.3. The van der Waals surface area contributed by atoms with Gasteiger partial charge in [0, 0.05) is 6.54 Å². The van der Waals surface area contributed by atoms with E-state index in [1.807, 2.05) is 24.3 Å². The highest BCUT2D eigenvalue weighted by Crippen LogP contribution is 2.54. The summed E-state index contributed by atoms with van der Waals surface area (Å²) in [6.07, 6.45) is -0.594. The largest absolute Gasteiger partial charge is 0.493 e. The van der Waals surface area contributed by atoms with E-state index in [1.165, 1.54) is 0 Å². The molecule has 0 radical (unpaired) electrons. The van der Waals surface area contributed by atoms with E-state index in [0.29, 0.717) is 28.6 Å². The first kappa shape index (κ1) is 17.6. The van der Waals surface area contributed by atoms with Crippen LogP contribution in [0.1, 0.15) is 40.7 Å². The topological polar surface area (TPSA) is 69.6 Å². The van der Waals surface area contributed by atoms with E-state index in [-0.39, 0.29) is 18.9 Å². The Bertz CT molecular complexity index is 930. The van der Waals surface area contributed by atoms with Gasteiger partial charge in [-0.2, -0.15) is 0 Å². The third kappa shape index (κ3) is 2.47. The van der Waals surface area contributed by atoms with Gasteiger partial charge in [0.2, 0.25) is 6.79 Å². The van der Waals surface area contributed by atoms with E-state index < -0.39 is 6.29 Å². The molecule has 0 fully saturated rings. The van der Waals surface area contributed by atoms with Crippen molar-refractivity contribution < 1.29 is 28.8 Å². The summed E-state index contributed by atoms with van der Waals surface area (Å²) in [5.41, 5.74) is 3.80. The summed E-state index contributed by atoms with van der Waals surface area (Å²) in [5, 5.41) is 10.9. The average Bonchev–Trinajstić information content (AvgIpc) is 3.14. The number of fused-ring (bicyclic) bond motifs is 7. The molecule has 0 bridgehead atoms. The summed E-state index contributed by atoms with van der Waals surface area (Å²) in [7, 11) is 5.33. The lowest BCUT2D eigenvalue weighted by molar-refractivity contribution is -0.174. The maximum Gasteiger partial charge on any atom is 0.231 e. The van der Waals surface area contributed by atoms with Crippen LogP contribution in [0.2, 0.25) is 0 Å². The molecule has 0 unspecified atom stereocenters. The van der Waals surface area contributed by atoms with Gasteiger partial charge in [-0.05, 0) is 48.4 Å². The molecule has 0 saturated heterocycles. The zero-order valence-electron chi connectivity index (χ0n) is 16.1. The zero-order valence-corrected chi connectivity index (χ0v) is 16.1. The van der Waals surface area contributed by atoms with Crippen molar-refractivity contribution in [2.45, 2.75) is 24.9 Å². The first-order chi connectivity index (χ1) is 13.6. The molecule has 3 aliphatic rings. The van der Waals surface area contributed by atoms with Crippen molar-refractivity contribution in [3.63, 3.8) is 0 Å². The predicted molar refractivity (Wildman–Crippen MR) is 100.0 cm³/mol. The van der Waals surface area contributed by atoms with Gasteiger partial charge in [0.05, 0.1) is 25.8 Å². The van der Waals surface area contributed by atoms with Crippen molar-refractivity contribution in [3.8, 4) is 23.0 Å². The second-order valence-electron chi connectivity index (χ2n) is 7.29. The van der Waals surface area contributed by atoms with Crippen molar-refractivity contribution >= 4 is 0 Å². The van der Waals surface area contributed by atoms with Crippen molar-refractivity contribution in [1.29, 1.82) is 0 Å². The molecule has 0 amide bonds. The lowest BCUT2D eigenvalue weighted by atomic mass is 9.87. The molecule has 148 valence electrons. The van der Waals surface area contributed by atoms with Crippen molar-refractivity contribution in [1.82, 2.24) is 4.90 Å². The van der Waals surface area contributed by atoms with Gasteiger partial charge in [-0.25, -0.2) is 0 Å². The minimum Gasteiger partial charge on any atom is -0.493 e. The molecule has 0 saturated carbocycles. The van der Waals surface area contributed by atoms with Crippen LogP contribution in [0.4, 0.5) is 0 Å². The Morgan fingerprint density at radius 1 is 1.07 bits per heavy atom. The van der Waals surface area contributed by atoms with Crippen LogP contribution in [0.3, 0.4) is 0 Å². The SMILES string of the molecule is COc1cc2c(cc1OC)[C@H]1O[C@H](O)c3c(ccc4c3OCO4)[C@H]1N(C)CC2. The molecule has 3 heterocycles. The molecule has 2 aromatic rings. The molecule has 0 spiro atoms. The lowest BCUT2D eigenvalue weighted by Gasteiger charge is -2.40. The fourth-order valence-corrected chi connectivity index (χ4v) is 4.53. The van der Waals surface area contributed by atoms with E-state index in [0.717, 1.165) is 29.7 Å². The Balaban J connectivity index is 1.68. The van der Waals surface area contributed by atoms with E-state index in [2.05, 4.69) is 11.9 Å². The number of hydrogen-bond acceptors (Lipinski definition) is 7. The third-order valence-electron chi connectivity index (χ3n) is 5.90. The number of ether oxygens (including phenoxy) is 5. The average molecular weight is 385 g/mol. The molecular weight excluding hydrogens is 362 g/mol. The fraction of sp³-hybridized carbons (Fsp3) is 0.429. The Labute approximate surface area is 163 Å². The number of likely N-dealkylation sites (N-methyl/N-ethyl adjacent to an activating group) is 1. The van der Waals surface area contributed by atoms with Crippen LogP contribution in [-0.4, -0.2) is 44.6 Å². The zero-order chi connectivity index (χ0) is 19.4. The highest BCUT2D eigenvalue weighted by atomic mass is 16.7. The Morgan fingerprint density at radius 3 is 2.64 bits per heavy atom. The van der Waals surface area contributed by atoms with Gasteiger partial charge < -0.3 is 28.8 Å². The fourth-order valence-electron chi connectivity index (χ4n) is 4.53. The van der Waals surface area contributed by atoms with Gasteiger partial charge in [-0.1, -0.05) is 6.07 Å². The van der Waals surface area contributed by atoms with Gasteiger partial charge in [0.15, 0.2) is 29.3 Å². The standard InChI is InChI=1S/C21H23NO6/c1-22-7-6-11-8-15(24-2)16(25-3)9-13(11)19-18(22)12-4-5-14-20(27-10-26-14)17(12)21(23)28-19/h4-5,8-9,18-19,21,23H,6-7,10H2,1-3H3/t18-,19-,21+/m1/s1. The second kappa shape index (κ2) is 6.55. The summed E-state index contributed by atoms with van der Waals surface area (Å²) in [4.78, 5) is 2.26. The molecular formula is C21H23NO6. The Kier molecular flexibility index (Phi) is 4.12. The van der Waals surface area contributed by atoms with Crippen molar-refractivity contribution in [2.75, 3.05) is 34.6 Å². The molecule has 3 atom stereocenters. The van der Waals surface area contributed by atoms with Gasteiger partial charge in [-0.3, -0.25) is 4.90 Å². The Morgan fingerprint density at radius 2 is 1.86 bits per heavy atom. The number of aliphatic hydroxyl groups excluding tert-OH is 1. The normalized spacial score (nSPS) is 25.4. The summed E-state index contributed by atoms with van der Waals surface area (Å²) >= 11 is 0. The molecule has 7 nitrogen and oxygen atoms in total. The van der Waals surface area contributed by atoms with Crippen LogP contribution >= 0.6 is 0 Å². The molecule has 28 heavy (non-hydrogen) atoms.